The van der Waals surface area contributed by atoms with E-state index in [1.165, 1.54) is 0 Å². The molecule has 0 spiro atoms. The maximum Gasteiger partial charge on any atom is 1.00 e. The summed E-state index contributed by atoms with van der Waals surface area (Å²) < 4.78 is 13.2. The minimum absolute atomic E-state index is 0. The van der Waals surface area contributed by atoms with Crippen LogP contribution < -0.4 is 29.6 Å². The average molecular weight is 229 g/mol. The molecule has 0 saturated carbocycles. The minimum Gasteiger partial charge on any atom is -1.00 e. The molecule has 0 amide bonds. The van der Waals surface area contributed by atoms with Crippen LogP contribution in [0.15, 0.2) is 0 Å². The Labute approximate surface area is 94.3 Å². The van der Waals surface area contributed by atoms with Crippen molar-refractivity contribution in [3.8, 4) is 0 Å². The molecule has 0 aliphatic carbocycles. The molecular formula is C2H6NaO5PZn. The Morgan fingerprint density at radius 1 is 1.60 bits per heavy atom. The summed E-state index contributed by atoms with van der Waals surface area (Å²) >= 11 is 0. The van der Waals surface area contributed by atoms with Crippen LogP contribution >= 0.6 is 7.82 Å². The zero-order chi connectivity index (χ0) is 6.78. The molecule has 0 atom stereocenters. The number of hydrogen-bond donors (Lipinski definition) is 2. The van der Waals surface area contributed by atoms with E-state index in [9.17, 15) is 9.36 Å². The fourth-order valence-corrected chi connectivity index (χ4v) is 0.502. The van der Waals surface area contributed by atoms with Crippen LogP contribution in [0.4, 0.5) is 0 Å². The van der Waals surface area contributed by atoms with Gasteiger partial charge in [-0.2, -0.15) is 0 Å². The Kier molecular flexibility index (Phi) is 12.0. The van der Waals surface area contributed by atoms with Crippen LogP contribution in [0.3, 0.4) is 0 Å². The van der Waals surface area contributed by atoms with E-state index >= 15 is 0 Å². The zero-order valence-electron chi connectivity index (χ0n) is 6.77. The number of rotatable bonds is 1. The van der Waals surface area contributed by atoms with E-state index in [0.717, 1.165) is 6.92 Å². The van der Waals surface area contributed by atoms with Crippen LogP contribution in [0, 0.1) is 0 Å². The van der Waals surface area contributed by atoms with Gasteiger partial charge in [0.15, 0.2) is 0 Å². The second-order valence-corrected chi connectivity index (χ2v) is 2.24. The first kappa shape index (κ1) is 17.4. The largest absolute Gasteiger partial charge is 1.00 e. The Morgan fingerprint density at radius 3 is 1.90 bits per heavy atom. The molecule has 52 valence electrons. The molecule has 0 heterocycles. The fourth-order valence-electron chi connectivity index (χ4n) is 0.167. The van der Waals surface area contributed by atoms with Crippen molar-refractivity contribution in [2.24, 2.45) is 0 Å². The normalized spacial score (nSPS) is 8.70. The van der Waals surface area contributed by atoms with E-state index in [0.29, 0.717) is 0 Å². The molecule has 5 nitrogen and oxygen atoms in total. The Hall–Kier alpha value is 1.24. The predicted molar refractivity (Wildman–Crippen MR) is 24.9 cm³/mol. The van der Waals surface area contributed by atoms with E-state index in [-0.39, 0.29) is 50.5 Å². The summed E-state index contributed by atoms with van der Waals surface area (Å²) in [5.41, 5.74) is 0. The van der Waals surface area contributed by atoms with Crippen molar-refractivity contribution in [1.82, 2.24) is 0 Å². The van der Waals surface area contributed by atoms with Gasteiger partial charge in [-0.25, -0.2) is 4.57 Å². The third-order valence-electron chi connectivity index (χ3n) is 0.247. The van der Waals surface area contributed by atoms with Crippen molar-refractivity contribution in [1.29, 1.82) is 0 Å². The number of hydrogen-bond acceptors (Lipinski definition) is 3. The predicted octanol–water partition coefficient (Wildman–Crippen LogP) is -3.24. The van der Waals surface area contributed by atoms with Gasteiger partial charge in [0.2, 0.25) is 0 Å². The maximum absolute atomic E-state index is 9.74. The first-order valence-electron chi connectivity index (χ1n) is 1.67. The summed E-state index contributed by atoms with van der Waals surface area (Å²) in [5.74, 6) is -0.988. The van der Waals surface area contributed by atoms with Gasteiger partial charge in [-0.3, -0.25) is 14.6 Å². The minimum atomic E-state index is -4.57. The summed E-state index contributed by atoms with van der Waals surface area (Å²) in [6.45, 7) is 0.916. The summed E-state index contributed by atoms with van der Waals surface area (Å²) in [7, 11) is -4.57. The standard InChI is InChI=1S/C2H5O5P.Na.Zn.H/c1-2(3)7-8(4,5)6;;;/h1H3,(H2,4,5,6);;;/q;+1;;-1. The monoisotopic (exact) mass is 228 g/mol. The second kappa shape index (κ2) is 6.92. The van der Waals surface area contributed by atoms with Gasteiger partial charge in [0.25, 0.3) is 0 Å². The summed E-state index contributed by atoms with van der Waals surface area (Å²) in [6, 6.07) is 0. The van der Waals surface area contributed by atoms with Crippen molar-refractivity contribution in [3.05, 3.63) is 0 Å². The van der Waals surface area contributed by atoms with E-state index in [1.54, 1.807) is 0 Å². The molecule has 0 bridgehead atoms. The van der Waals surface area contributed by atoms with Crippen LogP contribution in [0.5, 0.6) is 0 Å². The van der Waals surface area contributed by atoms with Crippen LogP contribution in [-0.4, -0.2) is 15.8 Å². The number of phosphoric ester groups is 1. The van der Waals surface area contributed by atoms with Gasteiger partial charge in [-0.15, -0.1) is 0 Å². The molecule has 0 rings (SSSR count). The molecule has 0 unspecified atom stereocenters. The maximum atomic E-state index is 9.74. The van der Waals surface area contributed by atoms with E-state index in [1.807, 2.05) is 0 Å². The molecule has 0 radical (unpaired) electrons. The zero-order valence-corrected chi connectivity index (χ0v) is 11.6. The van der Waals surface area contributed by atoms with Gasteiger partial charge in [-0.05, 0) is 0 Å². The average Bonchev–Trinajstić information content (AvgIpc) is 1.21. The third kappa shape index (κ3) is 16.1. The quantitative estimate of drug-likeness (QED) is 0.365. The van der Waals surface area contributed by atoms with Gasteiger partial charge in [0, 0.05) is 26.4 Å². The molecule has 8 heteroatoms. The molecule has 10 heavy (non-hydrogen) atoms. The summed E-state index contributed by atoms with van der Waals surface area (Å²) in [4.78, 5) is 25.5. The molecular weight excluding hydrogens is 223 g/mol. The molecule has 2 N–H and O–H groups in total. The van der Waals surface area contributed by atoms with Crippen molar-refractivity contribution in [2.75, 3.05) is 0 Å². The SMILES string of the molecule is CC(=O)OP(=O)(O)O.[H-].[Na+].[Zn]. The molecule has 0 aromatic carbocycles. The van der Waals surface area contributed by atoms with E-state index in [4.69, 9.17) is 9.79 Å². The molecule has 0 aliphatic rings. The van der Waals surface area contributed by atoms with Crippen LogP contribution in [0.2, 0.25) is 0 Å². The van der Waals surface area contributed by atoms with Gasteiger partial charge < -0.3 is 5.95 Å². The fraction of sp³-hybridized carbons (Fsp3) is 0.500. The van der Waals surface area contributed by atoms with Crippen molar-refractivity contribution < 1.29 is 74.1 Å². The van der Waals surface area contributed by atoms with Crippen molar-refractivity contribution in [3.63, 3.8) is 0 Å². The summed E-state index contributed by atoms with van der Waals surface area (Å²) in [6.07, 6.45) is 0. The van der Waals surface area contributed by atoms with Crippen LogP contribution in [0.25, 0.3) is 0 Å². The Bertz CT molecular complexity index is 147. The van der Waals surface area contributed by atoms with Gasteiger partial charge in [0.1, 0.15) is 0 Å². The number of carbonyl (C=O) groups is 1. The number of phosphoric acid groups is 1. The van der Waals surface area contributed by atoms with E-state index < -0.39 is 13.8 Å². The number of carbonyl (C=O) groups excluding carboxylic acids is 1. The Balaban J connectivity index is -0.0000000817. The second-order valence-electron chi connectivity index (χ2n) is 1.07. The van der Waals surface area contributed by atoms with Gasteiger partial charge >= 0.3 is 43.3 Å². The molecule has 0 aromatic rings. The topological polar surface area (TPSA) is 83.8 Å². The van der Waals surface area contributed by atoms with Crippen molar-refractivity contribution >= 4 is 13.8 Å². The van der Waals surface area contributed by atoms with E-state index in [2.05, 4.69) is 4.52 Å². The molecule has 0 fully saturated rings. The van der Waals surface area contributed by atoms with Crippen molar-refractivity contribution in [2.45, 2.75) is 6.92 Å². The van der Waals surface area contributed by atoms with Gasteiger partial charge in [0.05, 0.1) is 0 Å². The van der Waals surface area contributed by atoms with Crippen LogP contribution in [0.1, 0.15) is 8.35 Å². The van der Waals surface area contributed by atoms with Gasteiger partial charge in [-0.1, -0.05) is 0 Å². The first-order chi connectivity index (χ1) is 3.42. The van der Waals surface area contributed by atoms with Crippen LogP contribution in [-0.2, 0) is 33.4 Å². The first-order valence-corrected chi connectivity index (χ1v) is 3.20. The third-order valence-corrected chi connectivity index (χ3v) is 0.742. The Morgan fingerprint density at radius 2 is 1.90 bits per heavy atom. The smallest absolute Gasteiger partial charge is 1.00 e. The molecule has 0 saturated heterocycles. The summed E-state index contributed by atoms with van der Waals surface area (Å²) in [5, 5.41) is 0. The molecule has 0 aliphatic heterocycles. The molecule has 0 aromatic heterocycles.